The van der Waals surface area contributed by atoms with E-state index < -0.39 is 0 Å². The van der Waals surface area contributed by atoms with E-state index in [0.29, 0.717) is 0 Å². The number of ether oxygens (including phenoxy) is 1. The molecule has 4 rings (SSSR count). The number of aromatic nitrogens is 1. The van der Waals surface area contributed by atoms with E-state index in [9.17, 15) is 0 Å². The summed E-state index contributed by atoms with van der Waals surface area (Å²) in [4.78, 5) is 4.47. The second kappa shape index (κ2) is 4.88. The van der Waals surface area contributed by atoms with Gasteiger partial charge in [-0.15, -0.1) is 0 Å². The van der Waals surface area contributed by atoms with Crippen molar-refractivity contribution in [3.8, 4) is 17.1 Å². The SMILES string of the molecule is COc1cnc2c(C)cc(-c3cc4ccccc4o3)cc2c1. The molecule has 0 radical (unpaired) electrons. The number of methoxy groups -OCH3 is 1. The fraction of sp³-hybridized carbons (Fsp3) is 0.105. The second-order valence-electron chi connectivity index (χ2n) is 5.39. The first kappa shape index (κ1) is 12.9. The van der Waals surface area contributed by atoms with Crippen molar-refractivity contribution in [2.45, 2.75) is 6.92 Å². The van der Waals surface area contributed by atoms with E-state index in [2.05, 4.69) is 36.2 Å². The van der Waals surface area contributed by atoms with Crippen LogP contribution in [0, 0.1) is 6.92 Å². The Morgan fingerprint density at radius 3 is 2.68 bits per heavy atom. The molecule has 0 amide bonds. The molecule has 3 nitrogen and oxygen atoms in total. The number of nitrogens with zero attached hydrogens (tertiary/aromatic N) is 1. The molecule has 0 aliphatic rings. The lowest BCUT2D eigenvalue weighted by molar-refractivity contribution is 0.414. The van der Waals surface area contributed by atoms with Gasteiger partial charge in [-0.2, -0.15) is 0 Å². The van der Waals surface area contributed by atoms with Crippen molar-refractivity contribution < 1.29 is 9.15 Å². The lowest BCUT2D eigenvalue weighted by atomic mass is 10.0. The summed E-state index contributed by atoms with van der Waals surface area (Å²) in [7, 11) is 1.65. The number of aryl methyl sites for hydroxylation is 1. The molecular weight excluding hydrogens is 274 g/mol. The Hall–Kier alpha value is -2.81. The van der Waals surface area contributed by atoms with Crippen LogP contribution in [-0.4, -0.2) is 12.1 Å². The zero-order chi connectivity index (χ0) is 15.1. The monoisotopic (exact) mass is 289 g/mol. The number of para-hydroxylation sites is 1. The van der Waals surface area contributed by atoms with Crippen LogP contribution in [-0.2, 0) is 0 Å². The number of furan rings is 1. The van der Waals surface area contributed by atoms with Gasteiger partial charge in [0.15, 0.2) is 0 Å². The lowest BCUT2D eigenvalue weighted by Gasteiger charge is -2.06. The molecule has 2 aromatic heterocycles. The number of fused-ring (bicyclic) bond motifs is 2. The zero-order valence-electron chi connectivity index (χ0n) is 12.5. The van der Waals surface area contributed by atoms with Crippen LogP contribution >= 0.6 is 0 Å². The van der Waals surface area contributed by atoms with Crippen LogP contribution in [0.3, 0.4) is 0 Å². The van der Waals surface area contributed by atoms with Gasteiger partial charge < -0.3 is 9.15 Å². The summed E-state index contributed by atoms with van der Waals surface area (Å²) >= 11 is 0. The van der Waals surface area contributed by atoms with E-state index in [1.165, 1.54) is 0 Å². The van der Waals surface area contributed by atoms with Gasteiger partial charge in [0.1, 0.15) is 17.1 Å². The minimum absolute atomic E-state index is 0.758. The summed E-state index contributed by atoms with van der Waals surface area (Å²) in [6, 6.07) is 16.3. The average molecular weight is 289 g/mol. The molecule has 0 bridgehead atoms. The van der Waals surface area contributed by atoms with E-state index in [-0.39, 0.29) is 0 Å². The molecule has 0 spiro atoms. The molecule has 0 atom stereocenters. The minimum Gasteiger partial charge on any atom is -0.495 e. The van der Waals surface area contributed by atoms with Gasteiger partial charge in [0.2, 0.25) is 0 Å². The van der Waals surface area contributed by atoms with E-state index in [4.69, 9.17) is 9.15 Å². The quantitative estimate of drug-likeness (QED) is 0.523. The highest BCUT2D eigenvalue weighted by Gasteiger charge is 2.09. The summed E-state index contributed by atoms with van der Waals surface area (Å²) in [6.45, 7) is 2.06. The standard InChI is InChI=1S/C19H15NO2/c1-12-7-14(8-15-9-16(21-2)11-20-19(12)15)18-10-13-5-3-4-6-17(13)22-18/h3-11H,1-2H3. The molecular formula is C19H15NO2. The molecule has 0 aliphatic heterocycles. The lowest BCUT2D eigenvalue weighted by Crippen LogP contribution is -1.89. The van der Waals surface area contributed by atoms with E-state index >= 15 is 0 Å². The van der Waals surface area contributed by atoms with Crippen LogP contribution < -0.4 is 4.74 Å². The Bertz CT molecular complexity index is 952. The molecule has 0 aliphatic carbocycles. The zero-order valence-corrected chi connectivity index (χ0v) is 12.5. The maximum atomic E-state index is 5.96. The Balaban J connectivity index is 1.93. The van der Waals surface area contributed by atoms with Gasteiger partial charge in [-0.05, 0) is 42.8 Å². The molecule has 108 valence electrons. The number of hydrogen-bond donors (Lipinski definition) is 0. The summed E-state index contributed by atoms with van der Waals surface area (Å²) in [5, 5.41) is 2.16. The highest BCUT2D eigenvalue weighted by molar-refractivity contribution is 5.89. The molecule has 0 N–H and O–H groups in total. The van der Waals surface area contributed by atoms with Crippen LogP contribution in [0.2, 0.25) is 0 Å². The normalized spacial score (nSPS) is 11.2. The van der Waals surface area contributed by atoms with Gasteiger partial charge in [-0.25, -0.2) is 0 Å². The van der Waals surface area contributed by atoms with Crippen molar-refractivity contribution in [2.75, 3.05) is 7.11 Å². The molecule has 22 heavy (non-hydrogen) atoms. The number of hydrogen-bond acceptors (Lipinski definition) is 3. The molecule has 4 aromatic rings. The van der Waals surface area contributed by atoms with Crippen LogP contribution in [0.15, 0.2) is 59.1 Å². The third-order valence-electron chi connectivity index (χ3n) is 3.89. The van der Waals surface area contributed by atoms with Gasteiger partial charge >= 0.3 is 0 Å². The largest absolute Gasteiger partial charge is 0.495 e. The number of rotatable bonds is 2. The van der Waals surface area contributed by atoms with Crippen molar-refractivity contribution in [1.82, 2.24) is 4.98 Å². The predicted octanol–water partition coefficient (Wildman–Crippen LogP) is 4.97. The maximum absolute atomic E-state index is 5.96. The van der Waals surface area contributed by atoms with Crippen molar-refractivity contribution in [3.05, 3.63) is 60.3 Å². The molecule has 0 saturated carbocycles. The molecule has 2 heterocycles. The first-order valence-corrected chi connectivity index (χ1v) is 7.18. The molecule has 0 unspecified atom stereocenters. The fourth-order valence-electron chi connectivity index (χ4n) is 2.79. The predicted molar refractivity (Wildman–Crippen MR) is 88.2 cm³/mol. The summed E-state index contributed by atoms with van der Waals surface area (Å²) in [5.41, 5.74) is 4.06. The Labute approximate surface area is 128 Å². The van der Waals surface area contributed by atoms with Crippen molar-refractivity contribution in [2.24, 2.45) is 0 Å². The molecule has 0 fully saturated rings. The van der Waals surface area contributed by atoms with E-state index in [1.807, 2.05) is 24.3 Å². The highest BCUT2D eigenvalue weighted by Crippen LogP contribution is 2.32. The maximum Gasteiger partial charge on any atom is 0.137 e. The Kier molecular flexibility index (Phi) is 2.86. The summed E-state index contributed by atoms with van der Waals surface area (Å²) in [5.74, 6) is 1.63. The smallest absolute Gasteiger partial charge is 0.137 e. The molecule has 2 aromatic carbocycles. The second-order valence-corrected chi connectivity index (χ2v) is 5.39. The van der Waals surface area contributed by atoms with Crippen LogP contribution in [0.4, 0.5) is 0 Å². The highest BCUT2D eigenvalue weighted by atomic mass is 16.5. The number of pyridine rings is 1. The average Bonchev–Trinajstić information content (AvgIpc) is 2.98. The minimum atomic E-state index is 0.758. The summed E-state index contributed by atoms with van der Waals surface area (Å²) < 4.78 is 11.2. The van der Waals surface area contributed by atoms with Gasteiger partial charge in [-0.3, -0.25) is 4.98 Å². The number of benzene rings is 2. The first-order valence-electron chi connectivity index (χ1n) is 7.18. The van der Waals surface area contributed by atoms with E-state index in [1.54, 1.807) is 13.3 Å². The Morgan fingerprint density at radius 2 is 1.86 bits per heavy atom. The first-order chi connectivity index (χ1) is 10.7. The third-order valence-corrected chi connectivity index (χ3v) is 3.89. The van der Waals surface area contributed by atoms with Gasteiger partial charge in [0.05, 0.1) is 18.8 Å². The van der Waals surface area contributed by atoms with E-state index in [0.717, 1.165) is 44.5 Å². The van der Waals surface area contributed by atoms with Crippen LogP contribution in [0.25, 0.3) is 33.2 Å². The molecule has 0 saturated heterocycles. The fourth-order valence-corrected chi connectivity index (χ4v) is 2.79. The van der Waals surface area contributed by atoms with Gasteiger partial charge in [0, 0.05) is 16.3 Å². The van der Waals surface area contributed by atoms with Crippen molar-refractivity contribution in [1.29, 1.82) is 0 Å². The van der Waals surface area contributed by atoms with Crippen LogP contribution in [0.1, 0.15) is 5.56 Å². The third kappa shape index (κ3) is 2.02. The van der Waals surface area contributed by atoms with Gasteiger partial charge in [-0.1, -0.05) is 18.2 Å². The Morgan fingerprint density at radius 1 is 1.00 bits per heavy atom. The summed E-state index contributed by atoms with van der Waals surface area (Å²) in [6.07, 6.45) is 1.75. The van der Waals surface area contributed by atoms with Crippen molar-refractivity contribution >= 4 is 21.9 Å². The molecule has 3 heteroatoms. The van der Waals surface area contributed by atoms with Crippen molar-refractivity contribution in [3.63, 3.8) is 0 Å². The van der Waals surface area contributed by atoms with Crippen LogP contribution in [0.5, 0.6) is 5.75 Å². The topological polar surface area (TPSA) is 35.3 Å². The van der Waals surface area contributed by atoms with Gasteiger partial charge in [0.25, 0.3) is 0 Å².